The SMILES string of the molecule is CCCC(C)(O)CNCC(O)c1ccco1. The summed E-state index contributed by atoms with van der Waals surface area (Å²) in [6.45, 7) is 4.68. The number of rotatable bonds is 7. The van der Waals surface area contributed by atoms with Gasteiger partial charge in [0.25, 0.3) is 0 Å². The molecule has 92 valence electrons. The first-order valence-electron chi connectivity index (χ1n) is 5.70. The molecule has 0 bridgehead atoms. The average Bonchev–Trinajstić information content (AvgIpc) is 2.69. The highest BCUT2D eigenvalue weighted by molar-refractivity contribution is 5.02. The van der Waals surface area contributed by atoms with E-state index < -0.39 is 11.7 Å². The molecule has 2 unspecified atom stereocenters. The van der Waals surface area contributed by atoms with Crippen molar-refractivity contribution in [3.63, 3.8) is 0 Å². The molecule has 1 aromatic rings. The zero-order valence-corrected chi connectivity index (χ0v) is 9.94. The van der Waals surface area contributed by atoms with Gasteiger partial charge in [0, 0.05) is 13.1 Å². The fraction of sp³-hybridized carbons (Fsp3) is 0.667. The molecule has 0 spiro atoms. The predicted octanol–water partition coefficient (Wildman–Crippen LogP) is 1.45. The van der Waals surface area contributed by atoms with Crippen molar-refractivity contribution in [2.75, 3.05) is 13.1 Å². The van der Waals surface area contributed by atoms with E-state index in [1.807, 2.05) is 6.92 Å². The third-order valence-electron chi connectivity index (χ3n) is 2.50. The molecule has 0 saturated carbocycles. The minimum Gasteiger partial charge on any atom is -0.467 e. The fourth-order valence-electron chi connectivity index (χ4n) is 1.69. The second kappa shape index (κ2) is 6.03. The molecule has 0 saturated heterocycles. The van der Waals surface area contributed by atoms with E-state index in [4.69, 9.17) is 4.42 Å². The predicted molar refractivity (Wildman–Crippen MR) is 62.1 cm³/mol. The van der Waals surface area contributed by atoms with E-state index >= 15 is 0 Å². The molecule has 16 heavy (non-hydrogen) atoms. The van der Waals surface area contributed by atoms with E-state index in [1.165, 1.54) is 6.26 Å². The van der Waals surface area contributed by atoms with Crippen LogP contribution in [0.4, 0.5) is 0 Å². The quantitative estimate of drug-likeness (QED) is 0.659. The molecule has 0 aliphatic rings. The van der Waals surface area contributed by atoms with Crippen LogP contribution < -0.4 is 5.32 Å². The molecular weight excluding hydrogens is 206 g/mol. The lowest BCUT2D eigenvalue weighted by molar-refractivity contribution is 0.0450. The molecule has 1 heterocycles. The average molecular weight is 227 g/mol. The Morgan fingerprint density at radius 3 is 2.88 bits per heavy atom. The highest BCUT2D eigenvalue weighted by Gasteiger charge is 2.19. The molecule has 0 fully saturated rings. The standard InChI is InChI=1S/C12H21NO3/c1-3-6-12(2,15)9-13-8-10(14)11-5-4-7-16-11/h4-5,7,10,13-15H,3,6,8-9H2,1-2H3. The van der Waals surface area contributed by atoms with Gasteiger partial charge in [0.05, 0.1) is 11.9 Å². The van der Waals surface area contributed by atoms with Crippen LogP contribution in [0.1, 0.15) is 38.6 Å². The summed E-state index contributed by atoms with van der Waals surface area (Å²) in [4.78, 5) is 0. The molecule has 3 N–H and O–H groups in total. The summed E-state index contributed by atoms with van der Waals surface area (Å²) in [6.07, 6.45) is 2.56. The van der Waals surface area contributed by atoms with Crippen molar-refractivity contribution >= 4 is 0 Å². The summed E-state index contributed by atoms with van der Waals surface area (Å²) < 4.78 is 5.07. The first kappa shape index (κ1) is 13.2. The fourth-order valence-corrected chi connectivity index (χ4v) is 1.69. The van der Waals surface area contributed by atoms with Gasteiger partial charge in [0.2, 0.25) is 0 Å². The maximum atomic E-state index is 9.89. The molecule has 0 radical (unpaired) electrons. The number of furan rings is 1. The molecule has 4 heteroatoms. The Labute approximate surface area is 96.3 Å². The molecule has 0 amide bonds. The van der Waals surface area contributed by atoms with Crippen molar-refractivity contribution in [1.29, 1.82) is 0 Å². The van der Waals surface area contributed by atoms with Crippen LogP contribution in [0.25, 0.3) is 0 Å². The van der Waals surface area contributed by atoms with E-state index in [-0.39, 0.29) is 0 Å². The Kier molecular flexibility index (Phi) is 4.99. The van der Waals surface area contributed by atoms with E-state index in [1.54, 1.807) is 19.1 Å². The van der Waals surface area contributed by atoms with Crippen LogP contribution in [-0.2, 0) is 0 Å². The van der Waals surface area contributed by atoms with Gasteiger partial charge < -0.3 is 19.9 Å². The smallest absolute Gasteiger partial charge is 0.133 e. The van der Waals surface area contributed by atoms with Gasteiger partial charge in [-0.1, -0.05) is 13.3 Å². The van der Waals surface area contributed by atoms with Gasteiger partial charge in [0.15, 0.2) is 0 Å². The third kappa shape index (κ3) is 4.35. The summed E-state index contributed by atoms with van der Waals surface area (Å²) in [5.41, 5.74) is -0.711. The van der Waals surface area contributed by atoms with Gasteiger partial charge in [-0.05, 0) is 25.5 Å². The third-order valence-corrected chi connectivity index (χ3v) is 2.50. The Balaban J connectivity index is 2.25. The highest BCUT2D eigenvalue weighted by atomic mass is 16.4. The van der Waals surface area contributed by atoms with Crippen LogP contribution in [0.15, 0.2) is 22.8 Å². The number of hydrogen-bond acceptors (Lipinski definition) is 4. The van der Waals surface area contributed by atoms with E-state index in [9.17, 15) is 10.2 Å². The highest BCUT2D eigenvalue weighted by Crippen LogP contribution is 2.13. The summed E-state index contributed by atoms with van der Waals surface area (Å²) in [7, 11) is 0. The molecule has 2 atom stereocenters. The topological polar surface area (TPSA) is 65.6 Å². The summed E-state index contributed by atoms with van der Waals surface area (Å²) >= 11 is 0. The molecule has 1 aromatic heterocycles. The van der Waals surface area contributed by atoms with Crippen molar-refractivity contribution < 1.29 is 14.6 Å². The Morgan fingerprint density at radius 1 is 1.56 bits per heavy atom. The maximum absolute atomic E-state index is 9.89. The number of nitrogens with one attached hydrogen (secondary N) is 1. The molecule has 4 nitrogen and oxygen atoms in total. The Bertz CT molecular complexity index is 282. The van der Waals surface area contributed by atoms with Crippen LogP contribution in [0.2, 0.25) is 0 Å². The van der Waals surface area contributed by atoms with Crippen molar-refractivity contribution in [2.45, 2.75) is 38.4 Å². The first-order chi connectivity index (χ1) is 7.55. The number of hydrogen-bond donors (Lipinski definition) is 3. The van der Waals surface area contributed by atoms with Gasteiger partial charge in [-0.15, -0.1) is 0 Å². The van der Waals surface area contributed by atoms with E-state index in [0.29, 0.717) is 18.8 Å². The number of aliphatic hydroxyl groups excluding tert-OH is 1. The zero-order chi connectivity index (χ0) is 12.0. The van der Waals surface area contributed by atoms with Crippen LogP contribution in [0.3, 0.4) is 0 Å². The maximum Gasteiger partial charge on any atom is 0.133 e. The van der Waals surface area contributed by atoms with Gasteiger partial charge in [0.1, 0.15) is 11.9 Å². The summed E-state index contributed by atoms with van der Waals surface area (Å²) in [5.74, 6) is 0.544. The van der Waals surface area contributed by atoms with Crippen molar-refractivity contribution in [3.05, 3.63) is 24.2 Å². The van der Waals surface area contributed by atoms with Crippen LogP contribution in [0.5, 0.6) is 0 Å². The number of aliphatic hydroxyl groups is 2. The van der Waals surface area contributed by atoms with Crippen molar-refractivity contribution in [2.24, 2.45) is 0 Å². The molecule has 0 aliphatic carbocycles. The van der Waals surface area contributed by atoms with Crippen LogP contribution in [-0.4, -0.2) is 28.9 Å². The van der Waals surface area contributed by atoms with Crippen molar-refractivity contribution in [1.82, 2.24) is 5.32 Å². The second-order valence-corrected chi connectivity index (χ2v) is 4.41. The molecular formula is C12H21NO3. The first-order valence-corrected chi connectivity index (χ1v) is 5.70. The molecule has 0 aromatic carbocycles. The normalized spacial score (nSPS) is 17.0. The largest absolute Gasteiger partial charge is 0.467 e. The van der Waals surface area contributed by atoms with Crippen LogP contribution in [0, 0.1) is 0 Å². The van der Waals surface area contributed by atoms with Crippen LogP contribution >= 0.6 is 0 Å². The van der Waals surface area contributed by atoms with Gasteiger partial charge >= 0.3 is 0 Å². The summed E-state index contributed by atoms with van der Waals surface area (Å²) in [5, 5.41) is 22.6. The Hall–Kier alpha value is -0.840. The molecule has 1 rings (SSSR count). The Morgan fingerprint density at radius 2 is 2.31 bits per heavy atom. The minimum absolute atomic E-state index is 0.382. The second-order valence-electron chi connectivity index (χ2n) is 4.41. The van der Waals surface area contributed by atoms with Gasteiger partial charge in [-0.3, -0.25) is 0 Å². The van der Waals surface area contributed by atoms with Crippen molar-refractivity contribution in [3.8, 4) is 0 Å². The summed E-state index contributed by atoms with van der Waals surface area (Å²) in [6, 6.07) is 3.47. The monoisotopic (exact) mass is 227 g/mol. The van der Waals surface area contributed by atoms with E-state index in [2.05, 4.69) is 5.32 Å². The van der Waals surface area contributed by atoms with E-state index in [0.717, 1.165) is 12.8 Å². The lowest BCUT2D eigenvalue weighted by Crippen LogP contribution is -2.39. The minimum atomic E-state index is -0.711. The lowest BCUT2D eigenvalue weighted by Gasteiger charge is -2.23. The zero-order valence-electron chi connectivity index (χ0n) is 9.94. The van der Waals surface area contributed by atoms with Gasteiger partial charge in [-0.2, -0.15) is 0 Å². The van der Waals surface area contributed by atoms with Gasteiger partial charge in [-0.25, -0.2) is 0 Å². The molecule has 0 aliphatic heterocycles. The lowest BCUT2D eigenvalue weighted by atomic mass is 10.0.